The first kappa shape index (κ1) is 12.8. The number of nitrogens with zero attached hydrogens (tertiary/aromatic N) is 1. The van der Waals surface area contributed by atoms with Crippen LogP contribution in [0.1, 0.15) is 5.56 Å². The van der Waals surface area contributed by atoms with Gasteiger partial charge in [-0.1, -0.05) is 12.1 Å². The molecule has 0 atom stereocenters. The molecule has 0 aliphatic carbocycles. The molecule has 2 aromatic carbocycles. The van der Waals surface area contributed by atoms with E-state index in [4.69, 9.17) is 0 Å². The van der Waals surface area contributed by atoms with Gasteiger partial charge in [0.25, 0.3) is 5.56 Å². The summed E-state index contributed by atoms with van der Waals surface area (Å²) in [5.74, 6) is -0.274. The van der Waals surface area contributed by atoms with E-state index in [1.165, 1.54) is 12.1 Å². The average molecular weight is 292 g/mol. The molecule has 4 aromatic rings. The Hall–Kier alpha value is -2.88. The number of aromatic nitrogens is 2. The lowest BCUT2D eigenvalue weighted by molar-refractivity contribution is 0.626. The molecular weight excluding hydrogens is 279 g/mol. The van der Waals surface area contributed by atoms with Crippen molar-refractivity contribution in [3.63, 3.8) is 0 Å². The zero-order chi connectivity index (χ0) is 15.1. The molecule has 108 valence electrons. The van der Waals surface area contributed by atoms with Crippen molar-refractivity contribution < 1.29 is 4.39 Å². The van der Waals surface area contributed by atoms with Gasteiger partial charge >= 0.3 is 0 Å². The van der Waals surface area contributed by atoms with Crippen LogP contribution in [0.4, 0.5) is 4.39 Å². The number of hydrogen-bond acceptors (Lipinski definition) is 1. The number of nitrogens with one attached hydrogen (secondary N) is 1. The Balaban J connectivity index is 1.85. The molecule has 2 heterocycles. The van der Waals surface area contributed by atoms with Crippen LogP contribution in [0, 0.1) is 5.82 Å². The van der Waals surface area contributed by atoms with E-state index in [0.29, 0.717) is 11.9 Å². The summed E-state index contributed by atoms with van der Waals surface area (Å²) in [6, 6.07) is 13.9. The Labute approximate surface area is 125 Å². The highest BCUT2D eigenvalue weighted by molar-refractivity contribution is 6.05. The summed E-state index contributed by atoms with van der Waals surface area (Å²) >= 11 is 0. The smallest absolute Gasteiger partial charge is 0.258 e. The maximum Gasteiger partial charge on any atom is 0.258 e. The average Bonchev–Trinajstić information content (AvgIpc) is 3.01. The number of fused-ring (bicyclic) bond motifs is 3. The minimum absolute atomic E-state index is 0.0371. The van der Waals surface area contributed by atoms with Crippen LogP contribution in [0.15, 0.2) is 65.7 Å². The Morgan fingerprint density at radius 1 is 0.909 bits per heavy atom. The van der Waals surface area contributed by atoms with Gasteiger partial charge in [-0.25, -0.2) is 4.39 Å². The van der Waals surface area contributed by atoms with Crippen LogP contribution in [0.3, 0.4) is 0 Å². The first-order chi connectivity index (χ1) is 10.7. The van der Waals surface area contributed by atoms with Gasteiger partial charge in [0, 0.05) is 28.7 Å². The molecule has 3 nitrogen and oxygen atoms in total. The Bertz CT molecular complexity index is 1030. The van der Waals surface area contributed by atoms with E-state index in [2.05, 4.69) is 4.98 Å². The van der Waals surface area contributed by atoms with Gasteiger partial charge in [-0.05, 0) is 47.3 Å². The first-order valence-electron chi connectivity index (χ1n) is 7.06. The van der Waals surface area contributed by atoms with Crippen LogP contribution in [-0.2, 0) is 6.54 Å². The molecule has 0 radical (unpaired) electrons. The van der Waals surface area contributed by atoms with Crippen LogP contribution in [0.5, 0.6) is 0 Å². The summed E-state index contributed by atoms with van der Waals surface area (Å²) in [5.41, 5.74) is 1.87. The van der Waals surface area contributed by atoms with E-state index in [1.807, 2.05) is 30.5 Å². The Morgan fingerprint density at radius 3 is 2.55 bits per heavy atom. The number of benzene rings is 2. The van der Waals surface area contributed by atoms with Crippen molar-refractivity contribution in [3.05, 3.63) is 82.7 Å². The highest BCUT2D eigenvalue weighted by Crippen LogP contribution is 2.22. The monoisotopic (exact) mass is 292 g/mol. The highest BCUT2D eigenvalue weighted by atomic mass is 19.1. The van der Waals surface area contributed by atoms with Crippen molar-refractivity contribution in [2.24, 2.45) is 0 Å². The summed E-state index contributed by atoms with van der Waals surface area (Å²) in [6.07, 6.45) is 3.66. The molecule has 0 fully saturated rings. The van der Waals surface area contributed by atoms with Gasteiger partial charge in [0.05, 0.1) is 6.54 Å². The second-order valence-electron chi connectivity index (χ2n) is 5.34. The molecular formula is C18H13FN2O. The van der Waals surface area contributed by atoms with E-state index in [1.54, 1.807) is 22.9 Å². The third-order valence-corrected chi connectivity index (χ3v) is 3.95. The van der Waals surface area contributed by atoms with Crippen LogP contribution in [0.25, 0.3) is 21.7 Å². The van der Waals surface area contributed by atoms with Crippen molar-refractivity contribution in [2.75, 3.05) is 0 Å². The fraction of sp³-hybridized carbons (Fsp3) is 0.0556. The maximum absolute atomic E-state index is 13.0. The number of pyridine rings is 1. The van der Waals surface area contributed by atoms with E-state index < -0.39 is 0 Å². The SMILES string of the molecule is O=c1c2ccc3[nH]ccc3c2ccn1Cc1ccc(F)cc1. The first-order valence-corrected chi connectivity index (χ1v) is 7.06. The van der Waals surface area contributed by atoms with Crippen molar-refractivity contribution in [1.82, 2.24) is 9.55 Å². The van der Waals surface area contributed by atoms with Gasteiger partial charge in [0.1, 0.15) is 5.82 Å². The predicted molar refractivity (Wildman–Crippen MR) is 85.6 cm³/mol. The van der Waals surface area contributed by atoms with Crippen LogP contribution in [0.2, 0.25) is 0 Å². The lowest BCUT2D eigenvalue weighted by atomic mass is 10.1. The fourth-order valence-electron chi connectivity index (χ4n) is 2.82. The number of aromatic amines is 1. The molecule has 0 bridgehead atoms. The summed E-state index contributed by atoms with van der Waals surface area (Å²) in [7, 11) is 0. The minimum atomic E-state index is -0.274. The van der Waals surface area contributed by atoms with E-state index in [0.717, 1.165) is 21.9 Å². The van der Waals surface area contributed by atoms with Crippen LogP contribution in [-0.4, -0.2) is 9.55 Å². The summed E-state index contributed by atoms with van der Waals surface area (Å²) in [4.78, 5) is 15.8. The lowest BCUT2D eigenvalue weighted by Gasteiger charge is -2.08. The van der Waals surface area contributed by atoms with Crippen molar-refractivity contribution in [2.45, 2.75) is 6.54 Å². The number of hydrogen-bond donors (Lipinski definition) is 1. The topological polar surface area (TPSA) is 37.8 Å². The van der Waals surface area contributed by atoms with Crippen molar-refractivity contribution in [1.29, 1.82) is 0 Å². The summed E-state index contributed by atoms with van der Waals surface area (Å²) in [5, 5.41) is 2.68. The van der Waals surface area contributed by atoms with E-state index in [-0.39, 0.29) is 11.4 Å². The molecule has 0 saturated heterocycles. The van der Waals surface area contributed by atoms with E-state index >= 15 is 0 Å². The zero-order valence-electron chi connectivity index (χ0n) is 11.7. The molecule has 4 heteroatoms. The predicted octanol–water partition coefficient (Wildman–Crippen LogP) is 3.67. The number of halogens is 1. The fourth-order valence-corrected chi connectivity index (χ4v) is 2.82. The highest BCUT2D eigenvalue weighted by Gasteiger charge is 2.07. The third-order valence-electron chi connectivity index (χ3n) is 3.95. The van der Waals surface area contributed by atoms with Gasteiger partial charge in [-0.2, -0.15) is 0 Å². The molecule has 1 N–H and O–H groups in total. The van der Waals surface area contributed by atoms with Gasteiger partial charge in [0.15, 0.2) is 0 Å². The Morgan fingerprint density at radius 2 is 1.73 bits per heavy atom. The Kier molecular flexibility index (Phi) is 2.82. The third kappa shape index (κ3) is 2.00. The van der Waals surface area contributed by atoms with Gasteiger partial charge in [0.2, 0.25) is 0 Å². The maximum atomic E-state index is 13.0. The van der Waals surface area contributed by atoms with Gasteiger partial charge in [-0.15, -0.1) is 0 Å². The lowest BCUT2D eigenvalue weighted by Crippen LogP contribution is -2.20. The normalized spacial score (nSPS) is 11.3. The standard InChI is InChI=1S/C18H13FN2O/c19-13-3-1-12(2-4-13)11-21-10-8-14-15-7-9-20-17(15)6-5-16(14)18(21)22/h1-10,20H,11H2. The molecule has 0 aliphatic heterocycles. The summed E-state index contributed by atoms with van der Waals surface area (Å²) in [6.45, 7) is 0.431. The second kappa shape index (κ2) is 4.84. The number of rotatable bonds is 2. The minimum Gasteiger partial charge on any atom is -0.361 e. The molecule has 0 aliphatic rings. The molecule has 0 amide bonds. The zero-order valence-corrected chi connectivity index (χ0v) is 11.7. The molecule has 2 aromatic heterocycles. The van der Waals surface area contributed by atoms with Crippen molar-refractivity contribution >= 4 is 21.7 Å². The van der Waals surface area contributed by atoms with Crippen molar-refractivity contribution in [3.8, 4) is 0 Å². The van der Waals surface area contributed by atoms with Gasteiger partial charge < -0.3 is 9.55 Å². The largest absolute Gasteiger partial charge is 0.361 e. The quantitative estimate of drug-likeness (QED) is 0.601. The molecule has 0 saturated carbocycles. The molecule has 0 spiro atoms. The van der Waals surface area contributed by atoms with Gasteiger partial charge in [-0.3, -0.25) is 4.79 Å². The number of H-pyrrole nitrogens is 1. The molecule has 22 heavy (non-hydrogen) atoms. The van der Waals surface area contributed by atoms with Crippen LogP contribution < -0.4 is 5.56 Å². The molecule has 4 rings (SSSR count). The molecule has 0 unspecified atom stereocenters. The summed E-state index contributed by atoms with van der Waals surface area (Å²) < 4.78 is 14.6. The van der Waals surface area contributed by atoms with E-state index in [9.17, 15) is 9.18 Å². The van der Waals surface area contributed by atoms with Crippen LogP contribution >= 0.6 is 0 Å². The second-order valence-corrected chi connectivity index (χ2v) is 5.34.